The van der Waals surface area contributed by atoms with E-state index in [-0.39, 0.29) is 11.9 Å². The van der Waals surface area contributed by atoms with Crippen molar-refractivity contribution in [1.29, 1.82) is 0 Å². The smallest absolute Gasteiger partial charge is 0.129 e. The van der Waals surface area contributed by atoms with Crippen molar-refractivity contribution in [3.8, 4) is 0 Å². The third-order valence-electron chi connectivity index (χ3n) is 1.58. The highest BCUT2D eigenvalue weighted by Crippen LogP contribution is 2.18. The second-order valence-corrected chi connectivity index (χ2v) is 4.61. The fourth-order valence-corrected chi connectivity index (χ4v) is 1.78. The number of pyridine rings is 1. The minimum absolute atomic E-state index is 0.212. The number of thioether (sulfide) groups is 1. The van der Waals surface area contributed by atoms with Crippen molar-refractivity contribution < 1.29 is 5.11 Å². The summed E-state index contributed by atoms with van der Waals surface area (Å²) in [6.07, 6.45) is 1.70. The van der Waals surface area contributed by atoms with E-state index in [9.17, 15) is 0 Å². The molecule has 0 amide bonds. The first-order valence-electron chi connectivity index (χ1n) is 4.05. The van der Waals surface area contributed by atoms with Gasteiger partial charge in [-0.05, 0) is 17.7 Å². The Morgan fingerprint density at radius 2 is 2.46 bits per heavy atom. The number of aliphatic hydroxyl groups is 1. The van der Waals surface area contributed by atoms with Gasteiger partial charge in [0.25, 0.3) is 0 Å². The zero-order valence-corrected chi connectivity index (χ0v) is 8.98. The summed E-state index contributed by atoms with van der Waals surface area (Å²) in [5.74, 6) is 0.865. The molecule has 0 aliphatic carbocycles. The average Bonchev–Trinajstić information content (AvgIpc) is 2.14. The SMILES string of the molecule is CC(CO)SCc1ccnc(Cl)c1. The van der Waals surface area contributed by atoms with Gasteiger partial charge in [0.05, 0.1) is 6.61 Å². The van der Waals surface area contributed by atoms with Gasteiger partial charge in [-0.3, -0.25) is 0 Å². The van der Waals surface area contributed by atoms with Crippen molar-refractivity contribution in [3.63, 3.8) is 0 Å². The number of aliphatic hydroxyl groups excluding tert-OH is 1. The number of rotatable bonds is 4. The van der Waals surface area contributed by atoms with Crippen LogP contribution in [0.5, 0.6) is 0 Å². The summed E-state index contributed by atoms with van der Waals surface area (Å²) >= 11 is 7.43. The van der Waals surface area contributed by atoms with Crippen LogP contribution in [0.15, 0.2) is 18.3 Å². The molecule has 1 rings (SSSR count). The van der Waals surface area contributed by atoms with Crippen LogP contribution in [0.4, 0.5) is 0 Å². The maximum Gasteiger partial charge on any atom is 0.129 e. The molecule has 1 unspecified atom stereocenters. The second-order valence-electron chi connectivity index (χ2n) is 2.79. The lowest BCUT2D eigenvalue weighted by atomic mass is 10.3. The number of halogens is 1. The normalized spacial score (nSPS) is 12.8. The predicted molar refractivity (Wildman–Crippen MR) is 57.1 cm³/mol. The Morgan fingerprint density at radius 3 is 3.08 bits per heavy atom. The van der Waals surface area contributed by atoms with E-state index in [4.69, 9.17) is 16.7 Å². The van der Waals surface area contributed by atoms with Crippen LogP contribution in [0.3, 0.4) is 0 Å². The Kier molecular flexibility index (Phi) is 4.56. The van der Waals surface area contributed by atoms with Gasteiger partial charge in [-0.25, -0.2) is 4.98 Å². The van der Waals surface area contributed by atoms with Gasteiger partial charge in [0.1, 0.15) is 5.15 Å². The Balaban J connectivity index is 2.45. The zero-order valence-electron chi connectivity index (χ0n) is 7.40. The number of hydrogen-bond donors (Lipinski definition) is 1. The molecule has 0 saturated carbocycles. The van der Waals surface area contributed by atoms with E-state index in [1.165, 1.54) is 0 Å². The minimum atomic E-state index is 0.212. The van der Waals surface area contributed by atoms with Crippen LogP contribution in [0, 0.1) is 0 Å². The molecular formula is C9H12ClNOS. The molecule has 2 nitrogen and oxygen atoms in total. The molecule has 1 N–H and O–H groups in total. The molecule has 0 aromatic carbocycles. The average molecular weight is 218 g/mol. The van der Waals surface area contributed by atoms with Crippen molar-refractivity contribution >= 4 is 23.4 Å². The van der Waals surface area contributed by atoms with Crippen LogP contribution in [0.2, 0.25) is 5.15 Å². The quantitative estimate of drug-likeness (QED) is 0.787. The highest BCUT2D eigenvalue weighted by atomic mass is 35.5. The lowest BCUT2D eigenvalue weighted by molar-refractivity contribution is 0.300. The maximum absolute atomic E-state index is 8.81. The van der Waals surface area contributed by atoms with Crippen molar-refractivity contribution in [2.45, 2.75) is 17.9 Å². The Hall–Kier alpha value is -0.250. The van der Waals surface area contributed by atoms with Crippen LogP contribution in [-0.4, -0.2) is 21.9 Å². The molecule has 1 aromatic rings. The van der Waals surface area contributed by atoms with Crippen molar-refractivity contribution in [3.05, 3.63) is 29.0 Å². The maximum atomic E-state index is 8.81. The van der Waals surface area contributed by atoms with Gasteiger partial charge in [-0.2, -0.15) is 11.8 Å². The van der Waals surface area contributed by atoms with Gasteiger partial charge < -0.3 is 5.11 Å². The highest BCUT2D eigenvalue weighted by Gasteiger charge is 2.01. The molecule has 0 aliphatic rings. The highest BCUT2D eigenvalue weighted by molar-refractivity contribution is 7.99. The van der Waals surface area contributed by atoms with Crippen LogP contribution < -0.4 is 0 Å². The molecule has 1 atom stereocenters. The molecule has 0 radical (unpaired) electrons. The molecule has 1 heterocycles. The van der Waals surface area contributed by atoms with E-state index >= 15 is 0 Å². The molecule has 4 heteroatoms. The molecule has 0 spiro atoms. The summed E-state index contributed by atoms with van der Waals surface area (Å²) < 4.78 is 0. The molecule has 0 aliphatic heterocycles. The van der Waals surface area contributed by atoms with Crippen LogP contribution >= 0.6 is 23.4 Å². The van der Waals surface area contributed by atoms with Crippen LogP contribution in [0.25, 0.3) is 0 Å². The minimum Gasteiger partial charge on any atom is -0.395 e. The van der Waals surface area contributed by atoms with E-state index in [0.29, 0.717) is 5.15 Å². The third-order valence-corrected chi connectivity index (χ3v) is 3.01. The van der Waals surface area contributed by atoms with E-state index in [1.807, 2.05) is 19.1 Å². The van der Waals surface area contributed by atoms with E-state index in [1.54, 1.807) is 18.0 Å². The molecule has 13 heavy (non-hydrogen) atoms. The standard InChI is InChI=1S/C9H12ClNOS/c1-7(5-12)13-6-8-2-3-11-9(10)4-8/h2-4,7,12H,5-6H2,1H3. The fourth-order valence-electron chi connectivity index (χ4n) is 0.824. The first-order valence-corrected chi connectivity index (χ1v) is 5.48. The van der Waals surface area contributed by atoms with Gasteiger partial charge in [-0.1, -0.05) is 18.5 Å². The largest absolute Gasteiger partial charge is 0.395 e. The van der Waals surface area contributed by atoms with Gasteiger partial charge in [-0.15, -0.1) is 0 Å². The summed E-state index contributed by atoms with van der Waals surface area (Å²) in [4.78, 5) is 3.89. The second kappa shape index (κ2) is 5.47. The lowest BCUT2D eigenvalue weighted by Gasteiger charge is -2.06. The summed E-state index contributed by atoms with van der Waals surface area (Å²) in [6, 6.07) is 3.78. The van der Waals surface area contributed by atoms with Gasteiger partial charge >= 0.3 is 0 Å². The van der Waals surface area contributed by atoms with Crippen LogP contribution in [-0.2, 0) is 5.75 Å². The van der Waals surface area contributed by atoms with Crippen molar-refractivity contribution in [2.24, 2.45) is 0 Å². The summed E-state index contributed by atoms with van der Waals surface area (Å²) in [7, 11) is 0. The Morgan fingerprint density at radius 1 is 1.69 bits per heavy atom. The predicted octanol–water partition coefficient (Wildman–Crippen LogP) is 2.35. The van der Waals surface area contributed by atoms with Crippen molar-refractivity contribution in [1.82, 2.24) is 4.98 Å². The number of nitrogens with zero attached hydrogens (tertiary/aromatic N) is 1. The summed E-state index contributed by atoms with van der Waals surface area (Å²) in [6.45, 7) is 2.21. The molecule has 1 aromatic heterocycles. The first-order chi connectivity index (χ1) is 6.22. The molecule has 0 fully saturated rings. The monoisotopic (exact) mass is 217 g/mol. The third kappa shape index (κ3) is 3.98. The van der Waals surface area contributed by atoms with E-state index < -0.39 is 0 Å². The molecule has 0 bridgehead atoms. The van der Waals surface area contributed by atoms with E-state index in [2.05, 4.69) is 4.98 Å². The Bertz CT molecular complexity index is 270. The van der Waals surface area contributed by atoms with Gasteiger partial charge in [0, 0.05) is 17.2 Å². The van der Waals surface area contributed by atoms with Gasteiger partial charge in [0.2, 0.25) is 0 Å². The Labute approximate surface area is 87.3 Å². The number of hydrogen-bond acceptors (Lipinski definition) is 3. The van der Waals surface area contributed by atoms with E-state index in [0.717, 1.165) is 11.3 Å². The van der Waals surface area contributed by atoms with Crippen LogP contribution in [0.1, 0.15) is 12.5 Å². The molecular weight excluding hydrogens is 206 g/mol. The topological polar surface area (TPSA) is 33.1 Å². The zero-order chi connectivity index (χ0) is 9.68. The number of aromatic nitrogens is 1. The lowest BCUT2D eigenvalue weighted by Crippen LogP contribution is -2.02. The molecule has 72 valence electrons. The first kappa shape index (κ1) is 10.8. The summed E-state index contributed by atoms with van der Waals surface area (Å²) in [5, 5.41) is 9.60. The summed E-state index contributed by atoms with van der Waals surface area (Å²) in [5.41, 5.74) is 1.14. The molecule has 0 saturated heterocycles. The van der Waals surface area contributed by atoms with Crippen molar-refractivity contribution in [2.75, 3.05) is 6.61 Å². The fraction of sp³-hybridized carbons (Fsp3) is 0.444. The van der Waals surface area contributed by atoms with Gasteiger partial charge in [0.15, 0.2) is 0 Å².